The number of halogens is 3. The summed E-state index contributed by atoms with van der Waals surface area (Å²) in [4.78, 5) is 30.2. The van der Waals surface area contributed by atoms with Gasteiger partial charge in [-0.25, -0.2) is 9.78 Å². The number of hydrogen-bond donors (Lipinski definition) is 1. The van der Waals surface area contributed by atoms with Gasteiger partial charge in [0.15, 0.2) is 0 Å². The third kappa shape index (κ3) is 7.42. The number of ether oxygens (including phenoxy) is 2. The molecule has 0 radical (unpaired) electrons. The van der Waals surface area contributed by atoms with Crippen molar-refractivity contribution in [3.8, 4) is 5.88 Å². The monoisotopic (exact) mass is 551 g/mol. The third-order valence-corrected chi connectivity index (χ3v) is 6.88. The fraction of sp³-hybridized carbons (Fsp3) is 0.538. The van der Waals surface area contributed by atoms with Gasteiger partial charge in [-0.15, -0.1) is 0 Å². The number of pyridine rings is 1. The largest absolute Gasteiger partial charge is 0.474 e. The molecule has 10 nitrogen and oxygen atoms in total. The molecule has 0 unspecified atom stereocenters. The van der Waals surface area contributed by atoms with Crippen LogP contribution < -0.4 is 15.0 Å². The molecule has 39 heavy (non-hydrogen) atoms. The average Bonchev–Trinajstić information content (AvgIpc) is 2.92. The number of nitro groups is 1. The van der Waals surface area contributed by atoms with Gasteiger partial charge in [-0.3, -0.25) is 10.1 Å². The molecule has 0 atom stereocenters. The lowest BCUT2D eigenvalue weighted by atomic mass is 9.92. The number of nitrogens with one attached hydrogen (secondary N) is 1. The Morgan fingerprint density at radius 3 is 2.49 bits per heavy atom. The second kappa shape index (κ2) is 12.4. The number of aromatic nitrogens is 1. The van der Waals surface area contributed by atoms with Crippen LogP contribution in [-0.4, -0.2) is 65.8 Å². The van der Waals surface area contributed by atoms with Crippen LogP contribution in [0.3, 0.4) is 0 Å². The first-order valence-corrected chi connectivity index (χ1v) is 13.1. The molecule has 1 N–H and O–H groups in total. The van der Waals surface area contributed by atoms with Gasteiger partial charge in [0, 0.05) is 61.9 Å². The van der Waals surface area contributed by atoms with Gasteiger partial charge in [-0.2, -0.15) is 13.2 Å². The molecule has 1 aromatic carbocycles. The van der Waals surface area contributed by atoms with E-state index in [0.29, 0.717) is 64.3 Å². The van der Waals surface area contributed by atoms with E-state index in [2.05, 4.69) is 15.2 Å². The molecule has 1 aliphatic carbocycles. The van der Waals surface area contributed by atoms with Crippen molar-refractivity contribution in [3.63, 3.8) is 0 Å². The van der Waals surface area contributed by atoms with E-state index in [1.807, 2.05) is 19.1 Å². The summed E-state index contributed by atoms with van der Waals surface area (Å²) in [5, 5.41) is 14.1. The van der Waals surface area contributed by atoms with Crippen LogP contribution in [0.5, 0.6) is 5.88 Å². The Labute approximate surface area is 224 Å². The highest BCUT2D eigenvalue weighted by molar-refractivity contribution is 5.68. The van der Waals surface area contributed by atoms with Crippen molar-refractivity contribution < 1.29 is 32.4 Å². The molecule has 2 heterocycles. The number of rotatable bonds is 8. The Bertz CT molecular complexity index is 1150. The Hall–Kier alpha value is -3.77. The van der Waals surface area contributed by atoms with E-state index in [4.69, 9.17) is 9.47 Å². The maximum absolute atomic E-state index is 13.3. The fourth-order valence-electron chi connectivity index (χ4n) is 4.83. The molecule has 212 valence electrons. The molecule has 1 saturated carbocycles. The van der Waals surface area contributed by atoms with Gasteiger partial charge in [0.2, 0.25) is 5.88 Å². The molecular weight excluding hydrogens is 519 g/mol. The normalized spacial score (nSPS) is 19.9. The summed E-state index contributed by atoms with van der Waals surface area (Å²) in [6.45, 7) is 4.84. The minimum absolute atomic E-state index is 0.0769. The summed E-state index contributed by atoms with van der Waals surface area (Å²) in [5.74, 6) is 0.499. The first kappa shape index (κ1) is 28.2. The smallest absolute Gasteiger partial charge is 0.423 e. The van der Waals surface area contributed by atoms with Gasteiger partial charge >= 0.3 is 12.3 Å². The number of carbonyl (C=O) groups excluding carboxylic acids is 1. The number of nitrogens with zero attached hydrogens (tertiary/aromatic N) is 4. The first-order valence-electron chi connectivity index (χ1n) is 13.1. The molecule has 1 amide bonds. The number of benzene rings is 1. The number of anilines is 2. The minimum Gasteiger partial charge on any atom is -0.474 e. The van der Waals surface area contributed by atoms with E-state index < -0.39 is 22.4 Å². The first-order chi connectivity index (χ1) is 18.6. The van der Waals surface area contributed by atoms with Crippen LogP contribution >= 0.6 is 0 Å². The molecule has 2 fully saturated rings. The van der Waals surface area contributed by atoms with E-state index in [0.717, 1.165) is 24.2 Å². The lowest BCUT2D eigenvalue weighted by Gasteiger charge is -2.35. The average molecular weight is 552 g/mol. The van der Waals surface area contributed by atoms with Crippen molar-refractivity contribution in [3.05, 3.63) is 52.2 Å². The number of carbonyl (C=O) groups is 1. The zero-order chi connectivity index (χ0) is 28.0. The van der Waals surface area contributed by atoms with Crippen molar-refractivity contribution in [1.29, 1.82) is 0 Å². The van der Waals surface area contributed by atoms with Gasteiger partial charge < -0.3 is 24.6 Å². The van der Waals surface area contributed by atoms with E-state index in [9.17, 15) is 28.1 Å². The van der Waals surface area contributed by atoms with Gasteiger partial charge in [-0.1, -0.05) is 6.92 Å². The predicted molar refractivity (Wildman–Crippen MR) is 138 cm³/mol. The van der Waals surface area contributed by atoms with Gasteiger partial charge in [0.05, 0.1) is 11.5 Å². The van der Waals surface area contributed by atoms with Crippen LogP contribution in [0.15, 0.2) is 36.5 Å². The highest BCUT2D eigenvalue weighted by atomic mass is 19.4. The summed E-state index contributed by atoms with van der Waals surface area (Å²) < 4.78 is 51.2. The number of piperazine rings is 1. The SMILES string of the molecule is CCCOC(=O)N1CCN(c2ccnc(O[C@H]3CC[C@H](Nc4ccc([N+](=O)[O-])c(C(F)(F)F)c4)CC3)c2)CC1. The van der Waals surface area contributed by atoms with Crippen molar-refractivity contribution in [1.82, 2.24) is 9.88 Å². The molecule has 1 aliphatic heterocycles. The zero-order valence-corrected chi connectivity index (χ0v) is 21.7. The third-order valence-electron chi connectivity index (χ3n) is 6.88. The van der Waals surface area contributed by atoms with E-state index in [-0.39, 0.29) is 23.9 Å². The molecule has 2 aromatic rings. The summed E-state index contributed by atoms with van der Waals surface area (Å²) in [7, 11) is 0. The molecule has 13 heteroatoms. The van der Waals surface area contributed by atoms with E-state index in [1.165, 1.54) is 6.07 Å². The maximum Gasteiger partial charge on any atom is 0.423 e. The van der Waals surface area contributed by atoms with Crippen molar-refractivity contribution in [2.45, 2.75) is 57.3 Å². The quantitative estimate of drug-likeness (QED) is 0.339. The zero-order valence-electron chi connectivity index (χ0n) is 21.7. The topological polar surface area (TPSA) is 110 Å². The Morgan fingerprint density at radius 1 is 1.13 bits per heavy atom. The lowest BCUT2D eigenvalue weighted by molar-refractivity contribution is -0.388. The van der Waals surface area contributed by atoms with Crippen LogP contribution in [0.25, 0.3) is 0 Å². The van der Waals surface area contributed by atoms with Crippen molar-refractivity contribution >= 4 is 23.2 Å². The summed E-state index contributed by atoms with van der Waals surface area (Å²) >= 11 is 0. The summed E-state index contributed by atoms with van der Waals surface area (Å²) in [6, 6.07) is 6.69. The number of amides is 1. The van der Waals surface area contributed by atoms with E-state index >= 15 is 0 Å². The van der Waals surface area contributed by atoms with Crippen LogP contribution in [-0.2, 0) is 10.9 Å². The Balaban J connectivity index is 1.27. The molecule has 0 bridgehead atoms. The summed E-state index contributed by atoms with van der Waals surface area (Å²) in [5.41, 5.74) is -1.07. The van der Waals surface area contributed by atoms with E-state index in [1.54, 1.807) is 11.1 Å². The minimum atomic E-state index is -4.82. The van der Waals surface area contributed by atoms with Crippen molar-refractivity contribution in [2.24, 2.45) is 0 Å². The molecule has 2 aliphatic rings. The van der Waals surface area contributed by atoms with Gasteiger partial charge in [0.25, 0.3) is 5.69 Å². The molecular formula is C26H32F3N5O5. The molecule has 0 spiro atoms. The van der Waals surface area contributed by atoms with Crippen LogP contribution in [0.4, 0.5) is 35.0 Å². The molecule has 4 rings (SSSR count). The number of nitro benzene ring substituents is 1. The molecule has 1 saturated heterocycles. The van der Waals surface area contributed by atoms with Crippen LogP contribution in [0, 0.1) is 10.1 Å². The second-order valence-electron chi connectivity index (χ2n) is 9.66. The van der Waals surface area contributed by atoms with Gasteiger partial charge in [-0.05, 0) is 50.3 Å². The molecule has 1 aromatic heterocycles. The highest BCUT2D eigenvalue weighted by Crippen LogP contribution is 2.38. The summed E-state index contributed by atoms with van der Waals surface area (Å²) in [6.07, 6.45) is -0.0201. The van der Waals surface area contributed by atoms with Crippen LogP contribution in [0.1, 0.15) is 44.6 Å². The van der Waals surface area contributed by atoms with Crippen LogP contribution in [0.2, 0.25) is 0 Å². The number of hydrogen-bond acceptors (Lipinski definition) is 8. The predicted octanol–water partition coefficient (Wildman–Crippen LogP) is 5.48. The van der Waals surface area contributed by atoms with Crippen molar-refractivity contribution in [2.75, 3.05) is 43.0 Å². The standard InChI is InChI=1S/C26H32F3N5O5/c1-2-15-38-25(35)33-13-11-32(12-14-33)20-9-10-30-24(17-20)39-21-6-3-18(4-7-21)31-19-5-8-23(34(36)37)22(16-19)26(27,28)29/h5,8-10,16-18,21,31H,2-4,6-7,11-15H2,1H3/t18-,21-. The lowest BCUT2D eigenvalue weighted by Crippen LogP contribution is -2.49. The fourth-order valence-corrected chi connectivity index (χ4v) is 4.83. The number of alkyl halides is 3. The highest BCUT2D eigenvalue weighted by Gasteiger charge is 2.38. The Kier molecular flexibility index (Phi) is 8.97. The second-order valence-corrected chi connectivity index (χ2v) is 9.66. The Morgan fingerprint density at radius 2 is 1.85 bits per heavy atom. The maximum atomic E-state index is 13.3. The van der Waals surface area contributed by atoms with Gasteiger partial charge in [0.1, 0.15) is 11.7 Å².